The van der Waals surface area contributed by atoms with Crippen molar-refractivity contribution in [2.45, 2.75) is 104 Å². The van der Waals surface area contributed by atoms with Gasteiger partial charge in [0, 0.05) is 11.3 Å². The van der Waals surface area contributed by atoms with E-state index in [0.717, 1.165) is 12.8 Å². The third-order valence-electron chi connectivity index (χ3n) is 5.71. The molecule has 0 aliphatic carbocycles. The number of amides is 3. The number of aromatic nitrogens is 1. The SMILES string of the molecule is C/C=C(\NC(=O)c1nc(CNC(=O)OC(C)(C)C)ccc1SC)C(=O)N[C@H](C(=O)O[C@H](/C=C/CCC)CC(C)=O)C(C)C. The van der Waals surface area contributed by atoms with Gasteiger partial charge < -0.3 is 25.4 Å². The molecule has 0 saturated carbocycles. The lowest BCUT2D eigenvalue weighted by atomic mass is 10.0. The fourth-order valence-corrected chi connectivity index (χ4v) is 4.15. The quantitative estimate of drug-likeness (QED) is 0.108. The second-order valence-corrected chi connectivity index (χ2v) is 12.0. The second kappa shape index (κ2) is 18.1. The van der Waals surface area contributed by atoms with Crippen LogP contribution >= 0.6 is 11.8 Å². The van der Waals surface area contributed by atoms with Crippen molar-refractivity contribution < 1.29 is 33.4 Å². The maximum Gasteiger partial charge on any atom is 0.407 e. The van der Waals surface area contributed by atoms with Crippen LogP contribution in [0.5, 0.6) is 0 Å². The molecule has 0 aliphatic heterocycles. The van der Waals surface area contributed by atoms with Crippen molar-refractivity contribution in [3.8, 4) is 0 Å². The first-order valence-electron chi connectivity index (χ1n) is 14.3. The van der Waals surface area contributed by atoms with E-state index >= 15 is 0 Å². The minimum Gasteiger partial charge on any atom is -0.456 e. The lowest BCUT2D eigenvalue weighted by Gasteiger charge is -2.24. The number of carbonyl (C=O) groups is 5. The van der Waals surface area contributed by atoms with E-state index in [1.165, 1.54) is 24.8 Å². The molecule has 12 heteroatoms. The highest BCUT2D eigenvalue weighted by Gasteiger charge is 2.29. The Labute approximate surface area is 259 Å². The summed E-state index contributed by atoms with van der Waals surface area (Å²) in [6, 6.07) is 2.35. The number of pyridine rings is 1. The molecular weight excluding hydrogens is 572 g/mol. The number of nitrogens with one attached hydrogen (secondary N) is 3. The molecule has 0 spiro atoms. The van der Waals surface area contributed by atoms with Crippen LogP contribution in [-0.2, 0) is 30.4 Å². The zero-order chi connectivity index (χ0) is 32.7. The summed E-state index contributed by atoms with van der Waals surface area (Å²) in [5, 5.41) is 7.83. The normalized spacial score (nSPS) is 13.3. The van der Waals surface area contributed by atoms with Crippen molar-refractivity contribution in [1.29, 1.82) is 0 Å². The smallest absolute Gasteiger partial charge is 0.407 e. The van der Waals surface area contributed by atoms with Gasteiger partial charge in [-0.15, -0.1) is 11.8 Å². The van der Waals surface area contributed by atoms with Gasteiger partial charge in [0.2, 0.25) is 0 Å². The number of esters is 1. The zero-order valence-electron chi connectivity index (χ0n) is 26.7. The number of Topliss-reactive ketones (excluding diaryl/α,β-unsaturated/α-hetero) is 1. The number of unbranched alkanes of at least 4 members (excludes halogenated alkanes) is 1. The zero-order valence-corrected chi connectivity index (χ0v) is 27.5. The molecular formula is C31H46N4O7S. The molecule has 0 fully saturated rings. The van der Waals surface area contributed by atoms with Gasteiger partial charge in [0.1, 0.15) is 34.9 Å². The van der Waals surface area contributed by atoms with Gasteiger partial charge in [0.25, 0.3) is 11.8 Å². The Morgan fingerprint density at radius 3 is 2.33 bits per heavy atom. The van der Waals surface area contributed by atoms with Crippen molar-refractivity contribution in [3.63, 3.8) is 0 Å². The summed E-state index contributed by atoms with van der Waals surface area (Å²) in [4.78, 5) is 68.2. The van der Waals surface area contributed by atoms with Crippen molar-refractivity contribution in [2.75, 3.05) is 6.26 Å². The lowest BCUT2D eigenvalue weighted by molar-refractivity contribution is -0.152. The lowest BCUT2D eigenvalue weighted by Crippen LogP contribution is -2.48. The highest BCUT2D eigenvalue weighted by atomic mass is 32.2. The Hall–Kier alpha value is -3.67. The first-order valence-corrected chi connectivity index (χ1v) is 15.5. The second-order valence-electron chi connectivity index (χ2n) is 11.2. The summed E-state index contributed by atoms with van der Waals surface area (Å²) in [6.45, 7) is 13.8. The largest absolute Gasteiger partial charge is 0.456 e. The molecule has 11 nitrogen and oxygen atoms in total. The number of alkyl carbamates (subject to hydrolysis) is 1. The van der Waals surface area contributed by atoms with Crippen LogP contribution < -0.4 is 16.0 Å². The topological polar surface area (TPSA) is 153 Å². The average molecular weight is 619 g/mol. The van der Waals surface area contributed by atoms with Crippen molar-refractivity contribution in [1.82, 2.24) is 20.9 Å². The molecule has 0 bridgehead atoms. The number of carbonyl (C=O) groups excluding carboxylic acids is 5. The van der Waals surface area contributed by atoms with Crippen LogP contribution in [0.15, 0.2) is 41.0 Å². The van der Waals surface area contributed by atoms with E-state index in [1.54, 1.807) is 66.0 Å². The van der Waals surface area contributed by atoms with E-state index in [9.17, 15) is 24.0 Å². The molecule has 1 rings (SSSR count). The molecule has 0 aromatic carbocycles. The molecule has 3 amide bonds. The molecule has 3 N–H and O–H groups in total. The van der Waals surface area contributed by atoms with Gasteiger partial charge in [-0.3, -0.25) is 14.4 Å². The standard InChI is InChI=1S/C31H46N4O7S/c1-10-12-13-14-22(17-20(5)36)41-29(39)25(19(3)4)35-27(37)23(11-2)34-28(38)26-24(43-9)16-15-21(33-26)18-32-30(40)42-31(6,7)8/h11,13-16,19,22,25H,10,12,17-18H2,1-9H3,(H,32,40)(H,34,38)(H,35,37)/b14-13+,23-11-/t22-,25+/m1/s1. The Morgan fingerprint density at radius 2 is 1.79 bits per heavy atom. The van der Waals surface area contributed by atoms with E-state index < -0.39 is 41.6 Å². The summed E-state index contributed by atoms with van der Waals surface area (Å²) < 4.78 is 10.8. The maximum absolute atomic E-state index is 13.3. The van der Waals surface area contributed by atoms with Crippen LogP contribution in [0.3, 0.4) is 0 Å². The summed E-state index contributed by atoms with van der Waals surface area (Å²) in [5.41, 5.74) is -0.273. The minimum atomic E-state index is -1.03. The summed E-state index contributed by atoms with van der Waals surface area (Å²) in [6.07, 6.45) is 7.08. The molecule has 43 heavy (non-hydrogen) atoms. The third-order valence-corrected chi connectivity index (χ3v) is 6.48. The van der Waals surface area contributed by atoms with E-state index in [4.69, 9.17) is 9.47 Å². The fourth-order valence-electron chi connectivity index (χ4n) is 3.62. The van der Waals surface area contributed by atoms with E-state index in [-0.39, 0.29) is 36.1 Å². The molecule has 0 unspecified atom stereocenters. The van der Waals surface area contributed by atoms with Crippen LogP contribution in [0, 0.1) is 5.92 Å². The van der Waals surface area contributed by atoms with E-state index in [2.05, 4.69) is 20.9 Å². The Bertz CT molecular complexity index is 1210. The van der Waals surface area contributed by atoms with Crippen LogP contribution in [0.1, 0.15) is 90.8 Å². The first kappa shape index (κ1) is 37.4. The van der Waals surface area contributed by atoms with Gasteiger partial charge in [0.05, 0.1) is 12.2 Å². The van der Waals surface area contributed by atoms with Gasteiger partial charge in [-0.2, -0.15) is 0 Å². The van der Waals surface area contributed by atoms with Gasteiger partial charge in [-0.25, -0.2) is 14.6 Å². The highest BCUT2D eigenvalue weighted by molar-refractivity contribution is 7.98. The number of allylic oxidation sites excluding steroid dienone is 2. The summed E-state index contributed by atoms with van der Waals surface area (Å²) >= 11 is 1.30. The first-order chi connectivity index (χ1) is 20.1. The monoisotopic (exact) mass is 618 g/mol. The van der Waals surface area contributed by atoms with Crippen LogP contribution in [0.2, 0.25) is 0 Å². The van der Waals surface area contributed by atoms with Gasteiger partial charge in [-0.1, -0.05) is 39.3 Å². The predicted molar refractivity (Wildman–Crippen MR) is 166 cm³/mol. The number of rotatable bonds is 15. The summed E-state index contributed by atoms with van der Waals surface area (Å²) in [7, 11) is 0. The Morgan fingerprint density at radius 1 is 1.12 bits per heavy atom. The Kier molecular flexibility index (Phi) is 15.7. The predicted octanol–water partition coefficient (Wildman–Crippen LogP) is 4.85. The van der Waals surface area contributed by atoms with Gasteiger partial charge in [0.15, 0.2) is 0 Å². The molecule has 238 valence electrons. The fraction of sp³-hybridized carbons (Fsp3) is 0.548. The minimum absolute atomic E-state index is 0.0250. The van der Waals surface area contributed by atoms with Crippen molar-refractivity contribution >= 4 is 41.4 Å². The van der Waals surface area contributed by atoms with Crippen LogP contribution in [0.25, 0.3) is 0 Å². The van der Waals surface area contributed by atoms with Gasteiger partial charge in [-0.05, 0) is 71.4 Å². The van der Waals surface area contributed by atoms with Gasteiger partial charge >= 0.3 is 12.1 Å². The summed E-state index contributed by atoms with van der Waals surface area (Å²) in [5.74, 6) is -2.50. The van der Waals surface area contributed by atoms with E-state index in [0.29, 0.717) is 10.6 Å². The molecule has 0 aliphatic rings. The van der Waals surface area contributed by atoms with Crippen molar-refractivity contribution in [2.24, 2.45) is 5.92 Å². The van der Waals surface area contributed by atoms with Crippen LogP contribution in [-0.4, -0.2) is 58.6 Å². The third kappa shape index (κ3) is 13.9. The highest BCUT2D eigenvalue weighted by Crippen LogP contribution is 2.20. The molecule has 0 saturated heterocycles. The van der Waals surface area contributed by atoms with E-state index in [1.807, 2.05) is 13.0 Å². The number of hydrogen-bond acceptors (Lipinski definition) is 9. The number of thioether (sulfide) groups is 1. The number of ketones is 1. The molecule has 1 aromatic rings. The molecule has 1 aromatic heterocycles. The molecule has 2 atom stereocenters. The number of ether oxygens (including phenoxy) is 2. The Balaban J connectivity index is 3.04. The van der Waals surface area contributed by atoms with Crippen molar-refractivity contribution in [3.05, 3.63) is 47.4 Å². The number of hydrogen-bond donors (Lipinski definition) is 3. The molecule has 0 radical (unpaired) electrons. The van der Waals surface area contributed by atoms with Crippen LogP contribution in [0.4, 0.5) is 4.79 Å². The maximum atomic E-state index is 13.3. The molecule has 1 heterocycles. The average Bonchev–Trinajstić information content (AvgIpc) is 2.91. The number of nitrogens with zero attached hydrogens (tertiary/aromatic N) is 1.